The first-order valence-electron chi connectivity index (χ1n) is 4.56. The van der Waals surface area contributed by atoms with Gasteiger partial charge in [0.25, 0.3) is 0 Å². The molecule has 2 aliphatic heterocycles. The first-order chi connectivity index (χ1) is 5.54. The van der Waals surface area contributed by atoms with Crippen molar-refractivity contribution in [3.05, 3.63) is 0 Å². The summed E-state index contributed by atoms with van der Waals surface area (Å²) in [4.78, 5) is 0. The standard InChI is InChI=1S/C9H17NO2/c1-8(2,3)9-6-10-4-7(12-9)5-11-9/h7,10H,4-6H2,1-3H3. The number of rotatable bonds is 0. The highest BCUT2D eigenvalue weighted by molar-refractivity contribution is 4.95. The Kier molecular flexibility index (Phi) is 1.72. The molecule has 3 nitrogen and oxygen atoms in total. The molecule has 0 saturated carbocycles. The smallest absolute Gasteiger partial charge is 0.186 e. The van der Waals surface area contributed by atoms with Gasteiger partial charge in [-0.15, -0.1) is 0 Å². The molecule has 0 aromatic rings. The van der Waals surface area contributed by atoms with Crippen LogP contribution in [0.15, 0.2) is 0 Å². The number of ether oxygens (including phenoxy) is 2. The van der Waals surface area contributed by atoms with Crippen LogP contribution in [-0.2, 0) is 9.47 Å². The Bertz CT molecular complexity index is 183. The van der Waals surface area contributed by atoms with Crippen LogP contribution >= 0.6 is 0 Å². The van der Waals surface area contributed by atoms with Crippen molar-refractivity contribution in [2.24, 2.45) is 5.41 Å². The largest absolute Gasteiger partial charge is 0.345 e. The summed E-state index contributed by atoms with van der Waals surface area (Å²) < 4.78 is 11.6. The first kappa shape index (κ1) is 8.48. The second-order valence-corrected chi connectivity index (χ2v) is 4.68. The summed E-state index contributed by atoms with van der Waals surface area (Å²) in [5.74, 6) is -0.379. The maximum atomic E-state index is 5.86. The molecule has 70 valence electrons. The Labute approximate surface area is 73.4 Å². The van der Waals surface area contributed by atoms with Crippen LogP contribution in [0.2, 0.25) is 0 Å². The van der Waals surface area contributed by atoms with Crippen molar-refractivity contribution >= 4 is 0 Å². The van der Waals surface area contributed by atoms with E-state index in [1.165, 1.54) is 0 Å². The van der Waals surface area contributed by atoms with Crippen molar-refractivity contribution in [1.82, 2.24) is 5.32 Å². The van der Waals surface area contributed by atoms with Gasteiger partial charge >= 0.3 is 0 Å². The van der Waals surface area contributed by atoms with E-state index in [1.54, 1.807) is 0 Å². The average molecular weight is 171 g/mol. The van der Waals surface area contributed by atoms with Crippen molar-refractivity contribution in [2.45, 2.75) is 32.7 Å². The lowest BCUT2D eigenvalue weighted by Crippen LogP contribution is -2.56. The Balaban J connectivity index is 2.21. The predicted octanol–water partition coefficient (Wildman–Crippen LogP) is 0.747. The monoisotopic (exact) mass is 171 g/mol. The lowest BCUT2D eigenvalue weighted by atomic mass is 9.85. The van der Waals surface area contributed by atoms with Gasteiger partial charge in [0.2, 0.25) is 0 Å². The molecule has 0 radical (unpaired) electrons. The van der Waals surface area contributed by atoms with E-state index < -0.39 is 0 Å². The number of nitrogens with one attached hydrogen (secondary N) is 1. The van der Waals surface area contributed by atoms with Gasteiger partial charge in [-0.25, -0.2) is 0 Å². The van der Waals surface area contributed by atoms with Gasteiger partial charge in [-0.2, -0.15) is 0 Å². The Morgan fingerprint density at radius 1 is 1.42 bits per heavy atom. The van der Waals surface area contributed by atoms with Crippen LogP contribution < -0.4 is 5.32 Å². The molecule has 2 rings (SSSR count). The minimum atomic E-state index is -0.379. The Morgan fingerprint density at radius 2 is 2.17 bits per heavy atom. The van der Waals surface area contributed by atoms with Gasteiger partial charge in [-0.3, -0.25) is 0 Å². The van der Waals surface area contributed by atoms with Crippen molar-refractivity contribution in [3.8, 4) is 0 Å². The van der Waals surface area contributed by atoms with Crippen molar-refractivity contribution in [2.75, 3.05) is 19.7 Å². The van der Waals surface area contributed by atoms with E-state index in [1.807, 2.05) is 0 Å². The lowest BCUT2D eigenvalue weighted by Gasteiger charge is -2.42. The molecule has 2 heterocycles. The molecule has 1 N–H and O–H groups in total. The van der Waals surface area contributed by atoms with E-state index in [9.17, 15) is 0 Å². The lowest BCUT2D eigenvalue weighted by molar-refractivity contribution is -0.237. The minimum absolute atomic E-state index is 0.0508. The van der Waals surface area contributed by atoms with Gasteiger partial charge in [0.15, 0.2) is 5.79 Å². The van der Waals surface area contributed by atoms with Gasteiger partial charge in [0, 0.05) is 12.0 Å². The average Bonchev–Trinajstić information content (AvgIpc) is 2.27. The van der Waals surface area contributed by atoms with Crippen LogP contribution in [0.25, 0.3) is 0 Å². The molecule has 0 spiro atoms. The maximum Gasteiger partial charge on any atom is 0.186 e. The van der Waals surface area contributed by atoms with Crippen LogP contribution in [0.3, 0.4) is 0 Å². The Morgan fingerprint density at radius 3 is 2.75 bits per heavy atom. The second kappa shape index (κ2) is 2.44. The van der Waals surface area contributed by atoms with Crippen molar-refractivity contribution in [1.29, 1.82) is 0 Å². The molecule has 2 saturated heterocycles. The molecule has 2 fully saturated rings. The zero-order chi connectivity index (χ0) is 8.82. The number of hydrogen-bond acceptors (Lipinski definition) is 3. The molecule has 0 aliphatic carbocycles. The molecule has 2 unspecified atom stereocenters. The summed E-state index contributed by atoms with van der Waals surface area (Å²) in [6.45, 7) is 8.95. The van der Waals surface area contributed by atoms with E-state index in [0.29, 0.717) is 0 Å². The highest BCUT2D eigenvalue weighted by Gasteiger charge is 2.52. The van der Waals surface area contributed by atoms with Gasteiger partial charge in [-0.05, 0) is 0 Å². The molecule has 12 heavy (non-hydrogen) atoms. The molecule has 0 aromatic heterocycles. The third-order valence-electron chi connectivity index (χ3n) is 2.73. The minimum Gasteiger partial charge on any atom is -0.345 e. The van der Waals surface area contributed by atoms with Gasteiger partial charge < -0.3 is 14.8 Å². The van der Waals surface area contributed by atoms with Crippen molar-refractivity contribution in [3.63, 3.8) is 0 Å². The molecule has 3 heteroatoms. The fourth-order valence-electron chi connectivity index (χ4n) is 1.81. The van der Waals surface area contributed by atoms with E-state index >= 15 is 0 Å². The topological polar surface area (TPSA) is 30.5 Å². The summed E-state index contributed by atoms with van der Waals surface area (Å²) in [6, 6.07) is 0. The number of morpholine rings is 1. The molecule has 2 bridgehead atoms. The molecular formula is C9H17NO2. The highest BCUT2D eigenvalue weighted by Crippen LogP contribution is 2.40. The number of hydrogen-bond donors (Lipinski definition) is 1. The highest BCUT2D eigenvalue weighted by atomic mass is 16.7. The van der Waals surface area contributed by atoms with Gasteiger partial charge in [0.05, 0.1) is 19.3 Å². The molecule has 0 amide bonds. The van der Waals surface area contributed by atoms with E-state index in [2.05, 4.69) is 26.1 Å². The Hall–Kier alpha value is -0.120. The van der Waals surface area contributed by atoms with Crippen LogP contribution in [0.5, 0.6) is 0 Å². The fraction of sp³-hybridized carbons (Fsp3) is 1.00. The predicted molar refractivity (Wildman–Crippen MR) is 45.9 cm³/mol. The summed E-state index contributed by atoms with van der Waals surface area (Å²) >= 11 is 0. The summed E-state index contributed by atoms with van der Waals surface area (Å²) in [5, 5.41) is 3.34. The number of fused-ring (bicyclic) bond motifs is 2. The molecular weight excluding hydrogens is 154 g/mol. The first-order valence-corrected chi connectivity index (χ1v) is 4.56. The van der Waals surface area contributed by atoms with E-state index in [4.69, 9.17) is 9.47 Å². The molecule has 0 aromatic carbocycles. The second-order valence-electron chi connectivity index (χ2n) is 4.68. The fourth-order valence-corrected chi connectivity index (χ4v) is 1.81. The normalized spacial score (nSPS) is 41.8. The van der Waals surface area contributed by atoms with Crippen LogP contribution in [-0.4, -0.2) is 31.6 Å². The van der Waals surface area contributed by atoms with E-state index in [0.717, 1.165) is 19.7 Å². The zero-order valence-corrected chi connectivity index (χ0v) is 8.02. The van der Waals surface area contributed by atoms with Gasteiger partial charge in [0.1, 0.15) is 0 Å². The van der Waals surface area contributed by atoms with Crippen LogP contribution in [0.4, 0.5) is 0 Å². The quantitative estimate of drug-likeness (QED) is 0.583. The van der Waals surface area contributed by atoms with Gasteiger partial charge in [-0.1, -0.05) is 20.8 Å². The summed E-state index contributed by atoms with van der Waals surface area (Å²) in [7, 11) is 0. The SMILES string of the molecule is CC(C)(C)C12CNCC(CO1)O2. The van der Waals surface area contributed by atoms with Crippen LogP contribution in [0.1, 0.15) is 20.8 Å². The summed E-state index contributed by atoms with van der Waals surface area (Å²) in [5.41, 5.74) is 0.0508. The van der Waals surface area contributed by atoms with Crippen LogP contribution in [0, 0.1) is 5.41 Å². The van der Waals surface area contributed by atoms with Crippen molar-refractivity contribution < 1.29 is 9.47 Å². The maximum absolute atomic E-state index is 5.86. The zero-order valence-electron chi connectivity index (χ0n) is 8.02. The molecule has 2 aliphatic rings. The third kappa shape index (κ3) is 1.08. The summed E-state index contributed by atoms with van der Waals surface area (Å²) in [6.07, 6.45) is 0.262. The van der Waals surface area contributed by atoms with E-state index in [-0.39, 0.29) is 17.3 Å². The third-order valence-corrected chi connectivity index (χ3v) is 2.73. The molecule has 2 atom stereocenters.